The standard InChI is InChI=1S/C20H19N5O6/c1-12-8-13(2)24(23-12)18-7-4-14(10-21-18)20(27)31-11-19(26)22-16-6-5-15(25(28)29)9-17(16)30-3/h4-10H,11H2,1-3H3,(H,22,26). The lowest BCUT2D eigenvalue weighted by Gasteiger charge is -2.10. The molecule has 0 fully saturated rings. The average molecular weight is 425 g/mol. The number of nitro groups is 1. The molecule has 160 valence electrons. The molecule has 31 heavy (non-hydrogen) atoms. The third-order valence-electron chi connectivity index (χ3n) is 4.21. The number of hydrogen-bond acceptors (Lipinski definition) is 8. The Kier molecular flexibility index (Phi) is 6.24. The van der Waals surface area contributed by atoms with Gasteiger partial charge in [0.2, 0.25) is 0 Å². The van der Waals surface area contributed by atoms with Crippen molar-refractivity contribution in [2.75, 3.05) is 19.0 Å². The molecule has 0 saturated carbocycles. The number of carbonyl (C=O) groups excluding carboxylic acids is 2. The topological polar surface area (TPSA) is 138 Å². The lowest BCUT2D eigenvalue weighted by Crippen LogP contribution is -2.21. The molecular formula is C20H19N5O6. The molecule has 0 aliphatic rings. The molecule has 1 amide bonds. The quantitative estimate of drug-likeness (QED) is 0.346. The van der Waals surface area contributed by atoms with Crippen molar-refractivity contribution in [3.8, 4) is 11.6 Å². The van der Waals surface area contributed by atoms with Crippen LogP contribution in [0, 0.1) is 24.0 Å². The van der Waals surface area contributed by atoms with Gasteiger partial charge in [-0.2, -0.15) is 5.10 Å². The van der Waals surface area contributed by atoms with Gasteiger partial charge >= 0.3 is 5.97 Å². The summed E-state index contributed by atoms with van der Waals surface area (Å²) in [6.07, 6.45) is 1.34. The molecule has 0 saturated heterocycles. The van der Waals surface area contributed by atoms with E-state index in [0.29, 0.717) is 5.82 Å². The minimum Gasteiger partial charge on any atom is -0.494 e. The van der Waals surface area contributed by atoms with Crippen molar-refractivity contribution in [3.63, 3.8) is 0 Å². The maximum Gasteiger partial charge on any atom is 0.340 e. The minimum atomic E-state index is -0.724. The highest BCUT2D eigenvalue weighted by Gasteiger charge is 2.16. The summed E-state index contributed by atoms with van der Waals surface area (Å²) >= 11 is 0. The first-order valence-corrected chi connectivity index (χ1v) is 9.07. The highest BCUT2D eigenvalue weighted by Crippen LogP contribution is 2.28. The van der Waals surface area contributed by atoms with E-state index in [2.05, 4.69) is 15.4 Å². The van der Waals surface area contributed by atoms with Crippen molar-refractivity contribution in [1.82, 2.24) is 14.8 Å². The summed E-state index contributed by atoms with van der Waals surface area (Å²) in [6.45, 7) is 3.20. The molecule has 11 heteroatoms. The van der Waals surface area contributed by atoms with Crippen LogP contribution in [0.5, 0.6) is 5.75 Å². The molecule has 0 spiro atoms. The second-order valence-corrected chi connectivity index (χ2v) is 6.51. The minimum absolute atomic E-state index is 0.109. The number of anilines is 1. The zero-order chi connectivity index (χ0) is 22.5. The second kappa shape index (κ2) is 9.03. The number of ether oxygens (including phenoxy) is 2. The Balaban J connectivity index is 1.60. The number of pyridine rings is 1. The summed E-state index contributed by atoms with van der Waals surface area (Å²) in [5.41, 5.74) is 1.95. The first-order chi connectivity index (χ1) is 14.8. The zero-order valence-corrected chi connectivity index (χ0v) is 17.0. The van der Waals surface area contributed by atoms with E-state index in [4.69, 9.17) is 9.47 Å². The van der Waals surface area contributed by atoms with Crippen LogP contribution in [0.1, 0.15) is 21.7 Å². The number of nitrogens with zero attached hydrogens (tertiary/aromatic N) is 4. The predicted octanol–water partition coefficient (Wildman–Crippen LogP) is 2.60. The van der Waals surface area contributed by atoms with E-state index >= 15 is 0 Å². The lowest BCUT2D eigenvalue weighted by atomic mass is 10.2. The van der Waals surface area contributed by atoms with Crippen LogP contribution in [-0.2, 0) is 9.53 Å². The zero-order valence-electron chi connectivity index (χ0n) is 17.0. The van der Waals surface area contributed by atoms with E-state index < -0.39 is 23.4 Å². The molecule has 3 aromatic rings. The van der Waals surface area contributed by atoms with Crippen LogP contribution in [-0.4, -0.2) is 45.3 Å². The number of carbonyl (C=O) groups is 2. The van der Waals surface area contributed by atoms with E-state index in [1.165, 1.54) is 37.6 Å². The van der Waals surface area contributed by atoms with Gasteiger partial charge in [0.1, 0.15) is 5.75 Å². The van der Waals surface area contributed by atoms with E-state index in [0.717, 1.165) is 11.4 Å². The molecule has 2 heterocycles. The Labute approximate surface area is 176 Å². The number of rotatable bonds is 7. The van der Waals surface area contributed by atoms with Crippen molar-refractivity contribution in [2.24, 2.45) is 0 Å². The van der Waals surface area contributed by atoms with Crippen LogP contribution in [0.3, 0.4) is 0 Å². The first-order valence-electron chi connectivity index (χ1n) is 9.07. The predicted molar refractivity (Wildman–Crippen MR) is 109 cm³/mol. The van der Waals surface area contributed by atoms with Gasteiger partial charge in [0.05, 0.1) is 35.0 Å². The summed E-state index contributed by atoms with van der Waals surface area (Å²) < 4.78 is 11.7. The van der Waals surface area contributed by atoms with E-state index in [9.17, 15) is 19.7 Å². The molecular weight excluding hydrogens is 406 g/mol. The number of non-ortho nitro benzene ring substituents is 1. The molecule has 0 atom stereocenters. The lowest BCUT2D eigenvalue weighted by molar-refractivity contribution is -0.384. The summed E-state index contributed by atoms with van der Waals surface area (Å²) in [4.78, 5) is 38.8. The highest BCUT2D eigenvalue weighted by molar-refractivity contribution is 5.96. The number of aromatic nitrogens is 3. The van der Waals surface area contributed by atoms with E-state index in [-0.39, 0.29) is 22.7 Å². The number of hydrogen-bond donors (Lipinski definition) is 1. The largest absolute Gasteiger partial charge is 0.494 e. The number of nitro benzene ring substituents is 1. The Bertz CT molecular complexity index is 1140. The SMILES string of the molecule is COc1cc([N+](=O)[O-])ccc1NC(=O)COC(=O)c1ccc(-n2nc(C)cc2C)nc1. The van der Waals surface area contributed by atoms with Crippen LogP contribution < -0.4 is 10.1 Å². The Morgan fingerprint density at radius 1 is 1.19 bits per heavy atom. The van der Waals surface area contributed by atoms with Gasteiger partial charge in [-0.15, -0.1) is 0 Å². The summed E-state index contributed by atoms with van der Waals surface area (Å²) in [5, 5.41) is 17.6. The van der Waals surface area contributed by atoms with E-state index in [1.54, 1.807) is 10.7 Å². The van der Waals surface area contributed by atoms with Gasteiger partial charge in [0, 0.05) is 18.0 Å². The molecule has 1 aromatic carbocycles. The van der Waals surface area contributed by atoms with Gasteiger partial charge in [0.25, 0.3) is 11.6 Å². The number of amides is 1. The van der Waals surface area contributed by atoms with Crippen LogP contribution in [0.4, 0.5) is 11.4 Å². The summed E-state index contributed by atoms with van der Waals surface area (Å²) in [6, 6.07) is 8.79. The summed E-state index contributed by atoms with van der Waals surface area (Å²) in [7, 11) is 1.32. The van der Waals surface area contributed by atoms with Gasteiger partial charge in [-0.25, -0.2) is 14.5 Å². The molecule has 0 aliphatic heterocycles. The average Bonchev–Trinajstić information content (AvgIpc) is 3.10. The Hall–Kier alpha value is -4.28. The number of esters is 1. The monoisotopic (exact) mass is 425 g/mol. The van der Waals surface area contributed by atoms with Crippen LogP contribution in [0.25, 0.3) is 5.82 Å². The van der Waals surface area contributed by atoms with Crippen molar-refractivity contribution in [2.45, 2.75) is 13.8 Å². The molecule has 2 aromatic heterocycles. The number of nitrogens with one attached hydrogen (secondary N) is 1. The molecule has 11 nitrogen and oxygen atoms in total. The van der Waals surface area contributed by atoms with E-state index in [1.807, 2.05) is 19.9 Å². The van der Waals surface area contributed by atoms with Gasteiger partial charge < -0.3 is 14.8 Å². The number of benzene rings is 1. The van der Waals surface area contributed by atoms with Crippen LogP contribution in [0.15, 0.2) is 42.6 Å². The second-order valence-electron chi connectivity index (χ2n) is 6.51. The fourth-order valence-corrected chi connectivity index (χ4v) is 2.79. The first kappa shape index (κ1) is 21.4. The van der Waals surface area contributed by atoms with Crippen LogP contribution >= 0.6 is 0 Å². The third kappa shape index (κ3) is 5.01. The molecule has 3 rings (SSSR count). The molecule has 0 unspecified atom stereocenters. The molecule has 0 bridgehead atoms. The maximum absolute atomic E-state index is 12.2. The van der Waals surface area contributed by atoms with Gasteiger partial charge in [-0.3, -0.25) is 14.9 Å². The molecule has 1 N–H and O–H groups in total. The fourth-order valence-electron chi connectivity index (χ4n) is 2.79. The molecule has 0 aliphatic carbocycles. The number of aryl methyl sites for hydroxylation is 2. The Morgan fingerprint density at radius 2 is 1.97 bits per heavy atom. The maximum atomic E-state index is 12.2. The smallest absolute Gasteiger partial charge is 0.340 e. The Morgan fingerprint density at radius 3 is 2.55 bits per heavy atom. The van der Waals surface area contributed by atoms with Gasteiger partial charge in [0.15, 0.2) is 12.4 Å². The van der Waals surface area contributed by atoms with Crippen molar-refractivity contribution in [1.29, 1.82) is 0 Å². The molecule has 0 radical (unpaired) electrons. The fraction of sp³-hybridized carbons (Fsp3) is 0.200. The third-order valence-corrected chi connectivity index (χ3v) is 4.21. The van der Waals surface area contributed by atoms with Crippen molar-refractivity contribution in [3.05, 3.63) is 69.7 Å². The van der Waals surface area contributed by atoms with Crippen molar-refractivity contribution < 1.29 is 24.0 Å². The number of methoxy groups -OCH3 is 1. The normalized spacial score (nSPS) is 10.4. The van der Waals surface area contributed by atoms with Crippen LogP contribution in [0.2, 0.25) is 0 Å². The van der Waals surface area contributed by atoms with Gasteiger partial charge in [-0.1, -0.05) is 0 Å². The van der Waals surface area contributed by atoms with Gasteiger partial charge in [-0.05, 0) is 38.1 Å². The van der Waals surface area contributed by atoms with Crippen molar-refractivity contribution >= 4 is 23.3 Å². The highest BCUT2D eigenvalue weighted by atomic mass is 16.6. The summed E-state index contributed by atoms with van der Waals surface area (Å²) in [5.74, 6) is -0.700.